The highest BCUT2D eigenvalue weighted by Gasteiger charge is 2.69. The molecule has 1 saturated carbocycles. The Labute approximate surface area is 145 Å². The first-order chi connectivity index (χ1) is 12.1. The largest absolute Gasteiger partial charge is 0.379 e. The lowest BCUT2D eigenvalue weighted by Gasteiger charge is -2.06. The summed E-state index contributed by atoms with van der Waals surface area (Å²) in [7, 11) is 0. The molecule has 3 N–H and O–H groups in total. The molecule has 0 saturated heterocycles. The Balaban J connectivity index is 1.68. The normalized spacial score (nSPS) is 24.7. The van der Waals surface area contributed by atoms with Gasteiger partial charge < -0.3 is 10.8 Å². The number of hydrogen-bond acceptors (Lipinski definition) is 4. The Morgan fingerprint density at radius 2 is 1.44 bits per heavy atom. The SMILES string of the molecule is NC(=O)C1(O)C(c2ccccc2)C1c1ccc(-c2ncccn2)cc1. The van der Waals surface area contributed by atoms with Crippen molar-refractivity contribution in [2.45, 2.75) is 17.4 Å². The summed E-state index contributed by atoms with van der Waals surface area (Å²) in [6.45, 7) is 0. The fraction of sp³-hybridized carbons (Fsp3) is 0.150. The first-order valence-electron chi connectivity index (χ1n) is 8.07. The maximum absolute atomic E-state index is 11.9. The van der Waals surface area contributed by atoms with Crippen molar-refractivity contribution in [2.75, 3.05) is 0 Å². The molecule has 4 rings (SSSR count). The highest BCUT2D eigenvalue weighted by molar-refractivity contribution is 5.91. The molecule has 2 aromatic carbocycles. The van der Waals surface area contributed by atoms with Gasteiger partial charge in [0.1, 0.15) is 0 Å². The van der Waals surface area contributed by atoms with Crippen LogP contribution < -0.4 is 5.73 Å². The number of amides is 1. The van der Waals surface area contributed by atoms with Gasteiger partial charge in [-0.05, 0) is 17.2 Å². The summed E-state index contributed by atoms with van der Waals surface area (Å²) < 4.78 is 0. The molecule has 1 amide bonds. The zero-order chi connectivity index (χ0) is 17.4. The molecular weight excluding hydrogens is 314 g/mol. The zero-order valence-corrected chi connectivity index (χ0v) is 13.4. The van der Waals surface area contributed by atoms with Gasteiger partial charge in [-0.3, -0.25) is 4.79 Å². The average Bonchev–Trinajstić information content (AvgIpc) is 3.31. The molecule has 1 heterocycles. The molecule has 0 aliphatic heterocycles. The standard InChI is InChI=1S/C20H17N3O2/c21-19(24)20(25)16(13-5-2-1-3-6-13)17(20)14-7-9-15(10-8-14)18-22-11-4-12-23-18/h1-12,16-17,25H,(H2,21,24). The van der Waals surface area contributed by atoms with E-state index in [1.165, 1.54) is 0 Å². The molecule has 5 heteroatoms. The first-order valence-corrected chi connectivity index (χ1v) is 8.07. The smallest absolute Gasteiger partial charge is 0.250 e. The summed E-state index contributed by atoms with van der Waals surface area (Å²) in [5, 5.41) is 10.8. The highest BCUT2D eigenvalue weighted by Crippen LogP contribution is 2.63. The lowest BCUT2D eigenvalue weighted by Crippen LogP contribution is -2.33. The summed E-state index contributed by atoms with van der Waals surface area (Å²) in [4.78, 5) is 20.3. The van der Waals surface area contributed by atoms with Crippen LogP contribution >= 0.6 is 0 Å². The van der Waals surface area contributed by atoms with Crippen molar-refractivity contribution >= 4 is 5.91 Å². The fourth-order valence-corrected chi connectivity index (χ4v) is 3.52. The van der Waals surface area contributed by atoms with E-state index in [1.54, 1.807) is 18.5 Å². The van der Waals surface area contributed by atoms with Crippen LogP contribution in [0.5, 0.6) is 0 Å². The topological polar surface area (TPSA) is 89.1 Å². The van der Waals surface area contributed by atoms with Crippen molar-refractivity contribution in [3.8, 4) is 11.4 Å². The number of carbonyl (C=O) groups excluding carboxylic acids is 1. The monoisotopic (exact) mass is 331 g/mol. The quantitative estimate of drug-likeness (QED) is 0.767. The van der Waals surface area contributed by atoms with Gasteiger partial charge in [0.2, 0.25) is 0 Å². The van der Waals surface area contributed by atoms with Gasteiger partial charge in [-0.2, -0.15) is 0 Å². The van der Waals surface area contributed by atoms with E-state index in [0.717, 1.165) is 16.7 Å². The minimum atomic E-state index is -1.55. The lowest BCUT2D eigenvalue weighted by atomic mass is 10.0. The number of hydrogen-bond donors (Lipinski definition) is 2. The van der Waals surface area contributed by atoms with E-state index in [4.69, 9.17) is 5.73 Å². The molecule has 5 nitrogen and oxygen atoms in total. The summed E-state index contributed by atoms with van der Waals surface area (Å²) in [6, 6.07) is 18.8. The summed E-state index contributed by atoms with van der Waals surface area (Å²) >= 11 is 0. The Kier molecular flexibility index (Phi) is 3.58. The van der Waals surface area contributed by atoms with E-state index in [0.29, 0.717) is 5.82 Å². The number of aromatic nitrogens is 2. The van der Waals surface area contributed by atoms with Crippen molar-refractivity contribution < 1.29 is 9.90 Å². The van der Waals surface area contributed by atoms with Crippen LogP contribution in [0.15, 0.2) is 73.1 Å². The van der Waals surface area contributed by atoms with Crippen LogP contribution in [0.4, 0.5) is 0 Å². The van der Waals surface area contributed by atoms with E-state index in [-0.39, 0.29) is 11.8 Å². The maximum atomic E-state index is 11.9. The fourth-order valence-electron chi connectivity index (χ4n) is 3.52. The summed E-state index contributed by atoms with van der Waals surface area (Å²) in [5.41, 5.74) is 6.61. The van der Waals surface area contributed by atoms with Crippen molar-refractivity contribution in [3.63, 3.8) is 0 Å². The van der Waals surface area contributed by atoms with Crippen LogP contribution in [0.1, 0.15) is 23.0 Å². The molecule has 3 aromatic rings. The van der Waals surface area contributed by atoms with Crippen LogP contribution in [-0.4, -0.2) is 26.6 Å². The molecule has 124 valence electrons. The molecule has 0 bridgehead atoms. The Morgan fingerprint density at radius 3 is 2.00 bits per heavy atom. The minimum Gasteiger partial charge on any atom is -0.379 e. The van der Waals surface area contributed by atoms with Crippen molar-refractivity contribution in [1.29, 1.82) is 0 Å². The Bertz CT molecular complexity index is 897. The predicted octanol–water partition coefficient (Wildman–Crippen LogP) is 2.24. The number of benzene rings is 2. The van der Waals surface area contributed by atoms with Gasteiger partial charge in [-0.15, -0.1) is 0 Å². The van der Waals surface area contributed by atoms with E-state index in [1.807, 2.05) is 54.6 Å². The molecule has 0 spiro atoms. The van der Waals surface area contributed by atoms with Gasteiger partial charge in [0, 0.05) is 29.8 Å². The Hall–Kier alpha value is -3.05. The second-order valence-electron chi connectivity index (χ2n) is 6.25. The van der Waals surface area contributed by atoms with Gasteiger partial charge in [0.15, 0.2) is 11.4 Å². The molecule has 1 aromatic heterocycles. The maximum Gasteiger partial charge on any atom is 0.250 e. The zero-order valence-electron chi connectivity index (χ0n) is 13.4. The van der Waals surface area contributed by atoms with Crippen LogP contribution in [0.25, 0.3) is 11.4 Å². The summed E-state index contributed by atoms with van der Waals surface area (Å²) in [6.07, 6.45) is 3.38. The van der Waals surface area contributed by atoms with Crippen molar-refractivity contribution in [1.82, 2.24) is 9.97 Å². The van der Waals surface area contributed by atoms with Gasteiger partial charge in [0.25, 0.3) is 5.91 Å². The van der Waals surface area contributed by atoms with Gasteiger partial charge in [0.05, 0.1) is 0 Å². The van der Waals surface area contributed by atoms with Crippen LogP contribution in [0, 0.1) is 0 Å². The predicted molar refractivity (Wildman–Crippen MR) is 93.5 cm³/mol. The van der Waals surface area contributed by atoms with Crippen LogP contribution in [0.3, 0.4) is 0 Å². The molecular formula is C20H17N3O2. The molecule has 0 radical (unpaired) electrons. The molecule has 1 aliphatic carbocycles. The van der Waals surface area contributed by atoms with E-state index in [9.17, 15) is 9.90 Å². The Morgan fingerprint density at radius 1 is 0.880 bits per heavy atom. The van der Waals surface area contributed by atoms with Crippen molar-refractivity contribution in [2.24, 2.45) is 5.73 Å². The lowest BCUT2D eigenvalue weighted by molar-refractivity contribution is -0.128. The number of nitrogens with zero attached hydrogens (tertiary/aromatic N) is 2. The van der Waals surface area contributed by atoms with Gasteiger partial charge in [-0.25, -0.2) is 9.97 Å². The first kappa shape index (κ1) is 15.5. The summed E-state index contributed by atoms with van der Waals surface area (Å²) in [5.74, 6) is -0.736. The highest BCUT2D eigenvalue weighted by atomic mass is 16.3. The molecule has 25 heavy (non-hydrogen) atoms. The molecule has 3 unspecified atom stereocenters. The molecule has 3 atom stereocenters. The number of aliphatic hydroxyl groups is 1. The average molecular weight is 331 g/mol. The van der Waals surface area contributed by atoms with Crippen molar-refractivity contribution in [3.05, 3.63) is 84.2 Å². The molecule has 1 fully saturated rings. The van der Waals surface area contributed by atoms with E-state index < -0.39 is 11.5 Å². The number of carbonyl (C=O) groups is 1. The number of nitrogens with two attached hydrogens (primary N) is 1. The second kappa shape index (κ2) is 5.79. The second-order valence-corrected chi connectivity index (χ2v) is 6.25. The third kappa shape index (κ3) is 2.49. The number of primary amides is 1. The van der Waals surface area contributed by atoms with E-state index in [2.05, 4.69) is 9.97 Å². The van der Waals surface area contributed by atoms with Crippen LogP contribution in [0.2, 0.25) is 0 Å². The minimum absolute atomic E-state index is 0.329. The van der Waals surface area contributed by atoms with Gasteiger partial charge >= 0.3 is 0 Å². The number of rotatable bonds is 4. The van der Waals surface area contributed by atoms with E-state index >= 15 is 0 Å². The third-order valence-electron chi connectivity index (χ3n) is 4.82. The van der Waals surface area contributed by atoms with Crippen LogP contribution in [-0.2, 0) is 4.79 Å². The van der Waals surface area contributed by atoms with Gasteiger partial charge in [-0.1, -0.05) is 54.6 Å². The third-order valence-corrected chi connectivity index (χ3v) is 4.82. The molecule has 1 aliphatic rings.